The lowest BCUT2D eigenvalue weighted by Crippen LogP contribution is -2.38. The van der Waals surface area contributed by atoms with E-state index < -0.39 is 16.2 Å². The second-order valence-corrected chi connectivity index (χ2v) is 9.08. The van der Waals surface area contributed by atoms with Gasteiger partial charge in [0, 0.05) is 49.1 Å². The van der Waals surface area contributed by atoms with Gasteiger partial charge in [0.25, 0.3) is 11.2 Å². The van der Waals surface area contributed by atoms with Crippen LogP contribution in [0.2, 0.25) is 0 Å². The van der Waals surface area contributed by atoms with Gasteiger partial charge in [-0.05, 0) is 25.3 Å². The first-order valence-electron chi connectivity index (χ1n) is 11.1. The normalized spacial score (nSPS) is 11.2. The van der Waals surface area contributed by atoms with E-state index in [0.29, 0.717) is 17.7 Å². The van der Waals surface area contributed by atoms with Gasteiger partial charge >= 0.3 is 5.69 Å². The number of hydrogen-bond acceptors (Lipinski definition) is 6. The number of carbonyl (C=O) groups is 1. The summed E-state index contributed by atoms with van der Waals surface area (Å²) in [6.45, 7) is 1.66. The van der Waals surface area contributed by atoms with Crippen molar-refractivity contribution in [2.24, 2.45) is 14.1 Å². The number of aromatic nitrogens is 3. The average molecular weight is 531 g/mol. The number of fused-ring (bicyclic) bond motifs is 1. The van der Waals surface area contributed by atoms with E-state index in [0.717, 1.165) is 35.6 Å². The molecule has 0 fully saturated rings. The van der Waals surface area contributed by atoms with Crippen molar-refractivity contribution in [3.05, 3.63) is 66.5 Å². The molecule has 0 bridgehead atoms. The van der Waals surface area contributed by atoms with Gasteiger partial charge in [0.2, 0.25) is 0 Å². The van der Waals surface area contributed by atoms with Crippen molar-refractivity contribution in [1.29, 1.82) is 0 Å². The number of carbonyl (C=O) groups excluding carboxylic acids is 1. The Morgan fingerprint density at radius 2 is 1.76 bits per heavy atom. The molecule has 9 nitrogen and oxygen atoms in total. The van der Waals surface area contributed by atoms with Crippen molar-refractivity contribution in [2.45, 2.75) is 45.4 Å². The van der Waals surface area contributed by atoms with Crippen molar-refractivity contribution in [3.8, 4) is 11.1 Å². The summed E-state index contributed by atoms with van der Waals surface area (Å²) in [5, 5.41) is 12.5. The van der Waals surface area contributed by atoms with Gasteiger partial charge in [-0.25, -0.2) is 9.78 Å². The first-order valence-corrected chi connectivity index (χ1v) is 12.3. The van der Waals surface area contributed by atoms with Crippen molar-refractivity contribution in [3.63, 3.8) is 0 Å². The van der Waals surface area contributed by atoms with Crippen molar-refractivity contribution in [2.75, 3.05) is 5.33 Å². The standard InChI is InChI=1S/C24H27BrN4O5/c1-15-19(18(30)12-7-5-4-6-8-13-25)20(16-10-9-11-17(14-16)29(33)34)21-22(26-15)27(2)24(32)28(3)23(21)31/h9-11,14H,4-8,12-13H2,1-3H3. The van der Waals surface area contributed by atoms with E-state index in [4.69, 9.17) is 0 Å². The Morgan fingerprint density at radius 1 is 1.09 bits per heavy atom. The van der Waals surface area contributed by atoms with Crippen LogP contribution in [0.4, 0.5) is 5.69 Å². The second kappa shape index (κ2) is 10.9. The predicted molar refractivity (Wildman–Crippen MR) is 135 cm³/mol. The van der Waals surface area contributed by atoms with Crippen molar-refractivity contribution in [1.82, 2.24) is 14.1 Å². The molecule has 2 aromatic heterocycles. The number of benzene rings is 1. The number of non-ortho nitro benzene ring substituents is 1. The summed E-state index contributed by atoms with van der Waals surface area (Å²) in [6.07, 6.45) is 5.06. The first kappa shape index (κ1) is 25.5. The van der Waals surface area contributed by atoms with E-state index >= 15 is 0 Å². The van der Waals surface area contributed by atoms with E-state index in [-0.39, 0.29) is 40.1 Å². The molecule has 0 saturated heterocycles. The SMILES string of the molecule is Cc1nc2c(c(-c3cccc([N+](=O)[O-])c3)c1C(=O)CCCCCCCBr)c(=O)n(C)c(=O)n2C. The molecule has 0 amide bonds. The highest BCUT2D eigenvalue weighted by atomic mass is 79.9. The Hall–Kier alpha value is -3.14. The molecule has 0 unspecified atom stereocenters. The van der Waals surface area contributed by atoms with Crippen LogP contribution in [0.15, 0.2) is 33.9 Å². The number of Topliss-reactive ketones (excluding diaryl/α,β-unsaturated/α-hetero) is 1. The van der Waals surface area contributed by atoms with E-state index in [1.165, 1.54) is 36.9 Å². The summed E-state index contributed by atoms with van der Waals surface area (Å²) in [7, 11) is 2.86. The average Bonchev–Trinajstić information content (AvgIpc) is 2.82. The minimum Gasteiger partial charge on any atom is -0.294 e. The van der Waals surface area contributed by atoms with Crippen LogP contribution in [0.25, 0.3) is 22.2 Å². The van der Waals surface area contributed by atoms with Crippen molar-refractivity contribution < 1.29 is 9.72 Å². The van der Waals surface area contributed by atoms with Gasteiger partial charge in [0.15, 0.2) is 5.78 Å². The number of alkyl halides is 1. The third-order valence-corrected chi connectivity index (χ3v) is 6.49. The molecule has 0 atom stereocenters. The Kier molecular flexibility index (Phi) is 8.14. The highest BCUT2D eigenvalue weighted by Gasteiger charge is 2.25. The Labute approximate surface area is 204 Å². The number of halogens is 1. The number of nitro benzene ring substituents is 1. The summed E-state index contributed by atoms with van der Waals surface area (Å²) < 4.78 is 2.21. The molecule has 3 rings (SSSR count). The predicted octanol–water partition coefficient (Wildman–Crippen LogP) is 4.43. The van der Waals surface area contributed by atoms with E-state index in [1.54, 1.807) is 13.0 Å². The number of nitrogens with zero attached hydrogens (tertiary/aromatic N) is 4. The Morgan fingerprint density at radius 3 is 2.44 bits per heavy atom. The lowest BCUT2D eigenvalue weighted by Gasteiger charge is -2.17. The van der Waals surface area contributed by atoms with Crippen LogP contribution >= 0.6 is 15.9 Å². The summed E-state index contributed by atoms with van der Waals surface area (Å²) in [4.78, 5) is 54.5. The van der Waals surface area contributed by atoms with Crippen LogP contribution in [0.3, 0.4) is 0 Å². The Bertz CT molecular complexity index is 1380. The molecule has 0 aliphatic carbocycles. The fraction of sp³-hybridized carbons (Fsp3) is 0.417. The molecule has 0 radical (unpaired) electrons. The molecule has 0 N–H and O–H groups in total. The molecule has 0 spiro atoms. The lowest BCUT2D eigenvalue weighted by molar-refractivity contribution is -0.384. The van der Waals surface area contributed by atoms with Crippen molar-refractivity contribution >= 4 is 38.4 Å². The first-order chi connectivity index (χ1) is 16.2. The number of unbranched alkanes of at least 4 members (excludes halogenated alkanes) is 4. The van der Waals surface area contributed by atoms with Gasteiger partial charge in [0.05, 0.1) is 16.0 Å². The maximum absolute atomic E-state index is 13.4. The number of rotatable bonds is 10. The molecular weight excluding hydrogens is 504 g/mol. The minimum absolute atomic E-state index is 0.0939. The monoisotopic (exact) mass is 530 g/mol. The molecule has 2 heterocycles. The highest BCUT2D eigenvalue weighted by molar-refractivity contribution is 9.09. The van der Waals surface area contributed by atoms with Crippen LogP contribution < -0.4 is 11.2 Å². The zero-order valence-corrected chi connectivity index (χ0v) is 21.1. The third kappa shape index (κ3) is 5.01. The summed E-state index contributed by atoms with van der Waals surface area (Å²) in [6, 6.07) is 5.83. The summed E-state index contributed by atoms with van der Waals surface area (Å²) in [5.74, 6) is -0.176. The smallest absolute Gasteiger partial charge is 0.294 e. The van der Waals surface area contributed by atoms with Gasteiger partial charge < -0.3 is 0 Å². The maximum atomic E-state index is 13.4. The van der Waals surface area contributed by atoms with Gasteiger partial charge in [-0.2, -0.15) is 0 Å². The molecule has 0 aliphatic heterocycles. The van der Waals surface area contributed by atoms with Crippen LogP contribution in [0, 0.1) is 17.0 Å². The molecule has 34 heavy (non-hydrogen) atoms. The fourth-order valence-corrected chi connectivity index (χ4v) is 4.54. The molecule has 3 aromatic rings. The largest absolute Gasteiger partial charge is 0.332 e. The van der Waals surface area contributed by atoms with Gasteiger partial charge in [0.1, 0.15) is 5.65 Å². The summed E-state index contributed by atoms with van der Waals surface area (Å²) >= 11 is 3.41. The number of ketones is 1. The topological polar surface area (TPSA) is 117 Å². The number of aryl methyl sites for hydroxylation is 2. The number of hydrogen-bond donors (Lipinski definition) is 0. The molecule has 1 aromatic carbocycles. The zero-order valence-electron chi connectivity index (χ0n) is 19.5. The van der Waals surface area contributed by atoms with Crippen LogP contribution in [0.1, 0.15) is 54.6 Å². The van der Waals surface area contributed by atoms with E-state index in [9.17, 15) is 24.5 Å². The number of nitro groups is 1. The fourth-order valence-electron chi connectivity index (χ4n) is 4.14. The molecule has 0 saturated carbocycles. The molecule has 180 valence electrons. The quantitative estimate of drug-likeness (QED) is 0.126. The second-order valence-electron chi connectivity index (χ2n) is 8.29. The number of pyridine rings is 1. The third-order valence-electron chi connectivity index (χ3n) is 5.93. The maximum Gasteiger partial charge on any atom is 0.332 e. The van der Waals surface area contributed by atoms with Crippen LogP contribution in [-0.4, -0.2) is 30.2 Å². The van der Waals surface area contributed by atoms with Crippen LogP contribution in [0.5, 0.6) is 0 Å². The van der Waals surface area contributed by atoms with E-state index in [2.05, 4.69) is 20.9 Å². The molecule has 0 aliphatic rings. The van der Waals surface area contributed by atoms with Gasteiger partial charge in [-0.15, -0.1) is 0 Å². The van der Waals surface area contributed by atoms with E-state index in [1.807, 2.05) is 0 Å². The van der Waals surface area contributed by atoms with Gasteiger partial charge in [-0.1, -0.05) is 47.3 Å². The minimum atomic E-state index is -0.601. The molecular formula is C24H27BrN4O5. The molecule has 10 heteroatoms. The van der Waals surface area contributed by atoms with Crippen LogP contribution in [-0.2, 0) is 14.1 Å². The Balaban J connectivity index is 2.23. The lowest BCUT2D eigenvalue weighted by atomic mass is 9.91. The summed E-state index contributed by atoms with van der Waals surface area (Å²) in [5.41, 5.74) is 0.122. The zero-order chi connectivity index (χ0) is 25.0. The highest BCUT2D eigenvalue weighted by Crippen LogP contribution is 2.34. The van der Waals surface area contributed by atoms with Gasteiger partial charge in [-0.3, -0.25) is 28.8 Å².